The Morgan fingerprint density at radius 2 is 1.21 bits per heavy atom. The number of nitrogens with one attached hydrogen (secondary N) is 2. The van der Waals surface area contributed by atoms with E-state index in [9.17, 15) is 19.2 Å². The van der Waals surface area contributed by atoms with Gasteiger partial charge in [0.05, 0.1) is 0 Å². The second kappa shape index (κ2) is 13.4. The summed E-state index contributed by atoms with van der Waals surface area (Å²) in [5, 5.41) is 5.38. The van der Waals surface area contributed by atoms with Gasteiger partial charge in [0.2, 0.25) is 5.91 Å². The first-order valence-corrected chi connectivity index (χ1v) is 12.7. The second-order valence-corrected chi connectivity index (χ2v) is 10.1. The summed E-state index contributed by atoms with van der Waals surface area (Å²) in [5.41, 5.74) is 2.94. The van der Waals surface area contributed by atoms with Crippen molar-refractivity contribution in [2.75, 3.05) is 17.2 Å². The van der Waals surface area contributed by atoms with Crippen molar-refractivity contribution in [1.82, 2.24) is 0 Å². The summed E-state index contributed by atoms with van der Waals surface area (Å²) in [5.74, 6) is 0.00864. The van der Waals surface area contributed by atoms with Crippen LogP contribution in [0.2, 0.25) is 0 Å². The summed E-state index contributed by atoms with van der Waals surface area (Å²) >= 11 is 0. The number of benzene rings is 3. The van der Waals surface area contributed by atoms with Crippen molar-refractivity contribution in [2.45, 2.75) is 52.4 Å². The molecule has 0 aliphatic heterocycles. The van der Waals surface area contributed by atoms with Crippen LogP contribution in [-0.4, -0.2) is 30.2 Å². The number of Topliss-reactive ketones (excluding diaryl/α,β-unsaturated/α-hetero) is 1. The number of hydrogen-bond acceptors (Lipinski definition) is 6. The SMILES string of the molecule is CC(=O)c1ccc(NC(=O)COC(=O)CCCC(=O)Nc2ccc(Oc3ccc(C(C)(C)C)cc3)cc2)cc1. The maximum atomic E-state index is 12.2. The molecule has 3 aromatic rings. The largest absolute Gasteiger partial charge is 0.457 e. The third kappa shape index (κ3) is 9.74. The van der Waals surface area contributed by atoms with Crippen LogP contribution in [-0.2, 0) is 24.5 Å². The fourth-order valence-electron chi connectivity index (χ4n) is 3.59. The summed E-state index contributed by atoms with van der Waals surface area (Å²) in [6, 6.07) is 21.4. The Morgan fingerprint density at radius 3 is 1.74 bits per heavy atom. The molecule has 0 spiro atoms. The molecule has 0 aromatic heterocycles. The van der Waals surface area contributed by atoms with Crippen LogP contribution in [0.5, 0.6) is 11.5 Å². The number of esters is 1. The third-order valence-electron chi connectivity index (χ3n) is 5.82. The highest BCUT2D eigenvalue weighted by Crippen LogP contribution is 2.27. The Morgan fingerprint density at radius 1 is 0.692 bits per heavy atom. The summed E-state index contributed by atoms with van der Waals surface area (Å²) < 4.78 is 10.9. The van der Waals surface area contributed by atoms with Gasteiger partial charge in [-0.1, -0.05) is 32.9 Å². The zero-order chi connectivity index (χ0) is 28.4. The molecule has 0 saturated carbocycles. The normalized spacial score (nSPS) is 10.9. The average Bonchev–Trinajstić information content (AvgIpc) is 2.89. The van der Waals surface area contributed by atoms with E-state index in [1.165, 1.54) is 12.5 Å². The molecule has 0 heterocycles. The smallest absolute Gasteiger partial charge is 0.306 e. The van der Waals surface area contributed by atoms with E-state index >= 15 is 0 Å². The van der Waals surface area contributed by atoms with E-state index in [4.69, 9.17) is 9.47 Å². The number of hydrogen-bond donors (Lipinski definition) is 2. The van der Waals surface area contributed by atoms with Crippen molar-refractivity contribution in [3.63, 3.8) is 0 Å². The van der Waals surface area contributed by atoms with Gasteiger partial charge >= 0.3 is 5.97 Å². The van der Waals surface area contributed by atoms with E-state index < -0.39 is 18.5 Å². The number of ketones is 1. The first-order valence-electron chi connectivity index (χ1n) is 12.7. The topological polar surface area (TPSA) is 111 Å². The molecular formula is C31H34N2O6. The predicted octanol–water partition coefficient (Wildman–Crippen LogP) is 6.27. The van der Waals surface area contributed by atoms with E-state index in [0.717, 1.165) is 5.75 Å². The lowest BCUT2D eigenvalue weighted by molar-refractivity contribution is -0.147. The molecule has 3 aromatic carbocycles. The molecule has 0 atom stereocenters. The van der Waals surface area contributed by atoms with Crippen LogP contribution in [0.1, 0.15) is 62.9 Å². The molecule has 0 fully saturated rings. The highest BCUT2D eigenvalue weighted by Gasteiger charge is 2.13. The zero-order valence-corrected chi connectivity index (χ0v) is 22.7. The minimum absolute atomic E-state index is 0.00872. The van der Waals surface area contributed by atoms with Gasteiger partial charge in [0.1, 0.15) is 11.5 Å². The number of ether oxygens (including phenoxy) is 2. The number of anilines is 2. The number of carbonyl (C=O) groups excluding carboxylic acids is 4. The monoisotopic (exact) mass is 530 g/mol. The summed E-state index contributed by atoms with van der Waals surface area (Å²) in [6.07, 6.45) is 0.418. The lowest BCUT2D eigenvalue weighted by atomic mass is 9.87. The lowest BCUT2D eigenvalue weighted by Crippen LogP contribution is -2.21. The van der Waals surface area contributed by atoms with Gasteiger partial charge in [0.15, 0.2) is 12.4 Å². The van der Waals surface area contributed by atoms with Gasteiger partial charge in [-0.05, 0) is 85.0 Å². The summed E-state index contributed by atoms with van der Waals surface area (Å²) in [7, 11) is 0. The molecule has 39 heavy (non-hydrogen) atoms. The molecule has 204 valence electrons. The molecule has 8 nitrogen and oxygen atoms in total. The van der Waals surface area contributed by atoms with Crippen molar-refractivity contribution in [3.05, 3.63) is 83.9 Å². The number of rotatable bonds is 11. The van der Waals surface area contributed by atoms with Gasteiger partial charge in [-0.2, -0.15) is 0 Å². The summed E-state index contributed by atoms with van der Waals surface area (Å²) in [4.78, 5) is 47.4. The molecule has 0 aliphatic carbocycles. The summed E-state index contributed by atoms with van der Waals surface area (Å²) in [6.45, 7) is 7.49. The molecule has 0 bridgehead atoms. The Balaban J connectivity index is 1.33. The highest BCUT2D eigenvalue weighted by molar-refractivity contribution is 5.96. The van der Waals surface area contributed by atoms with Gasteiger partial charge in [-0.15, -0.1) is 0 Å². The molecule has 2 amide bonds. The van der Waals surface area contributed by atoms with Crippen LogP contribution in [0.3, 0.4) is 0 Å². The predicted molar refractivity (Wildman–Crippen MR) is 150 cm³/mol. The van der Waals surface area contributed by atoms with Crippen molar-refractivity contribution < 1.29 is 28.7 Å². The van der Waals surface area contributed by atoms with Gasteiger partial charge in [0, 0.05) is 29.8 Å². The fraction of sp³-hybridized carbons (Fsp3) is 0.290. The van der Waals surface area contributed by atoms with Crippen LogP contribution in [0.15, 0.2) is 72.8 Å². The van der Waals surface area contributed by atoms with E-state index in [2.05, 4.69) is 31.4 Å². The Bertz CT molecular complexity index is 1290. The molecule has 0 radical (unpaired) electrons. The first-order chi connectivity index (χ1) is 18.5. The number of amides is 2. The van der Waals surface area contributed by atoms with Gasteiger partial charge in [-0.25, -0.2) is 0 Å². The van der Waals surface area contributed by atoms with Crippen molar-refractivity contribution >= 4 is 34.9 Å². The van der Waals surface area contributed by atoms with Crippen LogP contribution >= 0.6 is 0 Å². The van der Waals surface area contributed by atoms with Crippen molar-refractivity contribution in [3.8, 4) is 11.5 Å². The fourth-order valence-corrected chi connectivity index (χ4v) is 3.59. The Kier molecular flexibility index (Phi) is 9.98. The maximum Gasteiger partial charge on any atom is 0.306 e. The quantitative estimate of drug-likeness (QED) is 0.223. The molecule has 0 unspecified atom stereocenters. The second-order valence-electron chi connectivity index (χ2n) is 10.1. The van der Waals surface area contributed by atoms with E-state index in [0.29, 0.717) is 22.7 Å². The molecule has 3 rings (SSSR count). The van der Waals surface area contributed by atoms with Gasteiger partial charge in [0.25, 0.3) is 5.91 Å². The van der Waals surface area contributed by atoms with Gasteiger partial charge in [-0.3, -0.25) is 19.2 Å². The van der Waals surface area contributed by atoms with Crippen LogP contribution < -0.4 is 15.4 Å². The Hall–Kier alpha value is -4.46. The van der Waals surface area contributed by atoms with E-state index in [-0.39, 0.29) is 36.4 Å². The minimum Gasteiger partial charge on any atom is -0.457 e. The standard InChI is InChI=1S/C31H34N2O6/c1-21(34)22-8-12-24(13-9-22)33-29(36)20-38-30(37)7-5-6-28(35)32-25-14-18-27(19-15-25)39-26-16-10-23(11-17-26)31(2,3)4/h8-19H,5-7,20H2,1-4H3,(H,32,35)(H,33,36). The molecule has 2 N–H and O–H groups in total. The highest BCUT2D eigenvalue weighted by atomic mass is 16.5. The minimum atomic E-state index is -0.568. The zero-order valence-electron chi connectivity index (χ0n) is 22.7. The first kappa shape index (κ1) is 29.1. The van der Waals surface area contributed by atoms with Gasteiger partial charge < -0.3 is 20.1 Å². The molecule has 0 aliphatic rings. The van der Waals surface area contributed by atoms with Crippen LogP contribution in [0.25, 0.3) is 0 Å². The third-order valence-corrected chi connectivity index (χ3v) is 5.82. The maximum absolute atomic E-state index is 12.2. The van der Waals surface area contributed by atoms with Crippen molar-refractivity contribution in [1.29, 1.82) is 0 Å². The molecule has 8 heteroatoms. The van der Waals surface area contributed by atoms with Crippen molar-refractivity contribution in [2.24, 2.45) is 0 Å². The lowest BCUT2D eigenvalue weighted by Gasteiger charge is -2.19. The molecule has 0 saturated heterocycles. The van der Waals surface area contributed by atoms with E-state index in [1.54, 1.807) is 48.5 Å². The van der Waals surface area contributed by atoms with Crippen LogP contribution in [0, 0.1) is 0 Å². The Labute approximate surface area is 228 Å². The molecular weight excluding hydrogens is 496 g/mol. The average molecular weight is 531 g/mol. The number of carbonyl (C=O) groups is 4. The van der Waals surface area contributed by atoms with Crippen LogP contribution in [0.4, 0.5) is 11.4 Å². The van der Waals surface area contributed by atoms with E-state index in [1.807, 2.05) is 24.3 Å².